The minimum Gasteiger partial charge on any atom is -0.458 e. The van der Waals surface area contributed by atoms with Crippen LogP contribution in [-0.4, -0.2) is 20.6 Å². The standard InChI is InChI=1S/C12H13N3O3S/c1-7-5-10(16)15-12(13-7)19-9(14-15)6-18-11(17)8-3-2-4-8/h5,8H,2-4,6H2,1H3. The maximum Gasteiger partial charge on any atom is 0.309 e. The number of hydrogen-bond acceptors (Lipinski definition) is 6. The maximum atomic E-state index is 11.7. The van der Waals surface area contributed by atoms with Gasteiger partial charge in [-0.15, -0.1) is 0 Å². The van der Waals surface area contributed by atoms with E-state index in [4.69, 9.17) is 4.74 Å². The summed E-state index contributed by atoms with van der Waals surface area (Å²) in [4.78, 5) is 28.0. The highest BCUT2D eigenvalue weighted by atomic mass is 32.1. The molecule has 0 aromatic carbocycles. The zero-order valence-corrected chi connectivity index (χ0v) is 11.3. The first kappa shape index (κ1) is 12.3. The van der Waals surface area contributed by atoms with Crippen molar-refractivity contribution in [3.63, 3.8) is 0 Å². The van der Waals surface area contributed by atoms with Crippen molar-refractivity contribution >= 4 is 22.3 Å². The molecule has 100 valence electrons. The maximum absolute atomic E-state index is 11.7. The Morgan fingerprint density at radius 1 is 1.58 bits per heavy atom. The molecule has 1 saturated carbocycles. The van der Waals surface area contributed by atoms with E-state index in [0.29, 0.717) is 15.7 Å². The first-order chi connectivity index (χ1) is 9.13. The highest BCUT2D eigenvalue weighted by Gasteiger charge is 2.26. The van der Waals surface area contributed by atoms with E-state index in [9.17, 15) is 9.59 Å². The van der Waals surface area contributed by atoms with Crippen molar-refractivity contribution < 1.29 is 9.53 Å². The van der Waals surface area contributed by atoms with Crippen molar-refractivity contribution in [3.8, 4) is 0 Å². The molecule has 0 radical (unpaired) electrons. The van der Waals surface area contributed by atoms with Gasteiger partial charge in [-0.2, -0.15) is 9.61 Å². The number of nitrogens with zero attached hydrogens (tertiary/aromatic N) is 3. The number of carbonyl (C=O) groups is 1. The third kappa shape index (κ3) is 2.37. The summed E-state index contributed by atoms with van der Waals surface area (Å²) >= 11 is 1.27. The molecule has 7 heteroatoms. The Morgan fingerprint density at radius 3 is 3.05 bits per heavy atom. The molecular formula is C12H13N3O3S. The summed E-state index contributed by atoms with van der Waals surface area (Å²) < 4.78 is 6.44. The highest BCUT2D eigenvalue weighted by Crippen LogP contribution is 2.27. The minimum absolute atomic E-state index is 0.0532. The van der Waals surface area contributed by atoms with Crippen LogP contribution in [0.1, 0.15) is 30.0 Å². The number of carbonyl (C=O) groups excluding carboxylic acids is 1. The van der Waals surface area contributed by atoms with Gasteiger partial charge in [-0.25, -0.2) is 4.98 Å². The molecule has 0 spiro atoms. The van der Waals surface area contributed by atoms with Crippen LogP contribution in [0.15, 0.2) is 10.9 Å². The number of rotatable bonds is 3. The molecule has 2 aromatic heterocycles. The number of ether oxygens (including phenoxy) is 1. The zero-order chi connectivity index (χ0) is 13.4. The molecule has 2 aromatic rings. The fourth-order valence-corrected chi connectivity index (χ4v) is 2.77. The molecule has 0 aliphatic heterocycles. The predicted molar refractivity (Wildman–Crippen MR) is 69.0 cm³/mol. The van der Waals surface area contributed by atoms with Crippen LogP contribution in [0.5, 0.6) is 0 Å². The largest absolute Gasteiger partial charge is 0.458 e. The van der Waals surface area contributed by atoms with E-state index in [2.05, 4.69) is 10.1 Å². The van der Waals surface area contributed by atoms with Crippen LogP contribution in [0, 0.1) is 12.8 Å². The molecule has 0 amide bonds. The van der Waals surface area contributed by atoms with Gasteiger partial charge in [0.15, 0.2) is 5.01 Å². The highest BCUT2D eigenvalue weighted by molar-refractivity contribution is 7.16. The van der Waals surface area contributed by atoms with E-state index in [1.165, 1.54) is 21.9 Å². The summed E-state index contributed by atoms with van der Waals surface area (Å²) in [5, 5.41) is 4.70. The first-order valence-electron chi connectivity index (χ1n) is 6.16. The lowest BCUT2D eigenvalue weighted by molar-refractivity contribution is -0.152. The van der Waals surface area contributed by atoms with Crippen molar-refractivity contribution in [3.05, 3.63) is 27.1 Å². The van der Waals surface area contributed by atoms with E-state index in [0.717, 1.165) is 19.3 Å². The van der Waals surface area contributed by atoms with Gasteiger partial charge in [0.05, 0.1) is 5.92 Å². The molecule has 0 saturated heterocycles. The minimum atomic E-state index is -0.213. The SMILES string of the molecule is Cc1cc(=O)n2nc(COC(=O)C3CCC3)sc2n1. The number of aromatic nitrogens is 3. The summed E-state index contributed by atoms with van der Waals surface area (Å²) in [5.74, 6) is -0.112. The van der Waals surface area contributed by atoms with E-state index < -0.39 is 0 Å². The fraction of sp³-hybridized carbons (Fsp3) is 0.500. The fourth-order valence-electron chi connectivity index (χ4n) is 1.91. The normalized spacial score (nSPS) is 15.4. The van der Waals surface area contributed by atoms with Gasteiger partial charge in [-0.05, 0) is 19.8 Å². The van der Waals surface area contributed by atoms with Crippen LogP contribution >= 0.6 is 11.3 Å². The molecule has 3 rings (SSSR count). The molecule has 0 N–H and O–H groups in total. The van der Waals surface area contributed by atoms with Crippen molar-refractivity contribution in [1.82, 2.24) is 14.6 Å². The Balaban J connectivity index is 1.76. The van der Waals surface area contributed by atoms with Gasteiger partial charge in [0.2, 0.25) is 4.96 Å². The lowest BCUT2D eigenvalue weighted by atomic mass is 9.86. The summed E-state index contributed by atoms with van der Waals surface area (Å²) in [6, 6.07) is 1.43. The van der Waals surface area contributed by atoms with E-state index in [1.54, 1.807) is 6.92 Å². The lowest BCUT2D eigenvalue weighted by Gasteiger charge is -2.22. The molecule has 0 unspecified atom stereocenters. The van der Waals surface area contributed by atoms with Gasteiger partial charge >= 0.3 is 5.97 Å². The lowest BCUT2D eigenvalue weighted by Crippen LogP contribution is -2.24. The second-order valence-corrected chi connectivity index (χ2v) is 5.70. The van der Waals surface area contributed by atoms with Crippen LogP contribution < -0.4 is 5.56 Å². The Morgan fingerprint density at radius 2 is 2.37 bits per heavy atom. The van der Waals surface area contributed by atoms with Crippen molar-refractivity contribution in [2.24, 2.45) is 5.92 Å². The van der Waals surface area contributed by atoms with Crippen LogP contribution in [0.3, 0.4) is 0 Å². The quantitative estimate of drug-likeness (QED) is 0.792. The molecule has 19 heavy (non-hydrogen) atoms. The Bertz CT molecular complexity index is 687. The molecule has 1 aliphatic carbocycles. The van der Waals surface area contributed by atoms with E-state index in [-0.39, 0.29) is 24.1 Å². The Labute approximate surface area is 113 Å². The van der Waals surface area contributed by atoms with E-state index >= 15 is 0 Å². The van der Waals surface area contributed by atoms with E-state index in [1.807, 2.05) is 0 Å². The van der Waals surface area contributed by atoms with Gasteiger partial charge in [0, 0.05) is 11.8 Å². The summed E-state index contributed by atoms with van der Waals surface area (Å²) in [5.41, 5.74) is 0.446. The van der Waals surface area contributed by atoms with Gasteiger partial charge in [-0.1, -0.05) is 17.8 Å². The third-order valence-electron chi connectivity index (χ3n) is 3.19. The average Bonchev–Trinajstić information content (AvgIpc) is 2.67. The summed E-state index contributed by atoms with van der Waals surface area (Å²) in [7, 11) is 0. The molecular weight excluding hydrogens is 266 g/mol. The van der Waals surface area contributed by atoms with Crippen molar-refractivity contribution in [2.75, 3.05) is 0 Å². The number of esters is 1. The monoisotopic (exact) mass is 279 g/mol. The third-order valence-corrected chi connectivity index (χ3v) is 4.07. The van der Waals surface area contributed by atoms with Crippen molar-refractivity contribution in [1.29, 1.82) is 0 Å². The van der Waals surface area contributed by atoms with Crippen LogP contribution in [0.25, 0.3) is 4.96 Å². The Kier molecular flexibility index (Phi) is 3.06. The van der Waals surface area contributed by atoms with Crippen molar-refractivity contribution in [2.45, 2.75) is 32.8 Å². The number of aryl methyl sites for hydroxylation is 1. The molecule has 6 nitrogen and oxygen atoms in total. The first-order valence-corrected chi connectivity index (χ1v) is 6.98. The smallest absolute Gasteiger partial charge is 0.309 e. The number of hydrogen-bond donors (Lipinski definition) is 0. The van der Waals surface area contributed by atoms with Crippen LogP contribution in [0.4, 0.5) is 0 Å². The average molecular weight is 279 g/mol. The van der Waals surface area contributed by atoms with Crippen LogP contribution in [0.2, 0.25) is 0 Å². The second kappa shape index (κ2) is 4.73. The summed E-state index contributed by atoms with van der Waals surface area (Å²) in [6.45, 7) is 1.87. The molecule has 0 bridgehead atoms. The molecule has 1 aliphatic rings. The topological polar surface area (TPSA) is 73.6 Å². The van der Waals surface area contributed by atoms with Gasteiger partial charge in [0.25, 0.3) is 5.56 Å². The molecule has 0 atom stereocenters. The zero-order valence-electron chi connectivity index (χ0n) is 10.5. The number of fused-ring (bicyclic) bond motifs is 1. The van der Waals surface area contributed by atoms with Gasteiger partial charge in [0.1, 0.15) is 6.61 Å². The van der Waals surface area contributed by atoms with Gasteiger partial charge < -0.3 is 4.74 Å². The Hall–Kier alpha value is -1.76. The van der Waals surface area contributed by atoms with Crippen LogP contribution in [-0.2, 0) is 16.1 Å². The predicted octanol–water partition coefficient (Wildman–Crippen LogP) is 1.30. The molecule has 2 heterocycles. The van der Waals surface area contributed by atoms with Gasteiger partial charge in [-0.3, -0.25) is 9.59 Å². The second-order valence-electron chi connectivity index (χ2n) is 4.66. The summed E-state index contributed by atoms with van der Waals surface area (Å²) in [6.07, 6.45) is 2.93. The molecule has 1 fully saturated rings.